The SMILES string of the molecule is CC1(c2ccccc2)OC(=O)OC1=O. The highest BCUT2D eigenvalue weighted by molar-refractivity contribution is 5.94. The number of carbonyl (C=O) groups is 2. The normalized spacial score (nSPS) is 25.8. The number of hydrogen-bond acceptors (Lipinski definition) is 4. The van der Waals surface area contributed by atoms with Gasteiger partial charge in [-0.2, -0.15) is 0 Å². The monoisotopic (exact) mass is 192 g/mol. The Morgan fingerprint density at radius 1 is 1.14 bits per heavy atom. The molecule has 0 aliphatic carbocycles. The molecule has 0 N–H and O–H groups in total. The number of carbonyl (C=O) groups excluding carboxylic acids is 2. The smallest absolute Gasteiger partial charge is 0.411 e. The molecule has 1 saturated heterocycles. The second-order valence-corrected chi connectivity index (χ2v) is 3.14. The number of ether oxygens (including phenoxy) is 2. The molecule has 14 heavy (non-hydrogen) atoms. The molecule has 1 heterocycles. The zero-order chi connectivity index (χ0) is 10.2. The Labute approximate surface area is 80.4 Å². The van der Waals surface area contributed by atoms with Gasteiger partial charge in [0.2, 0.25) is 5.60 Å². The van der Waals surface area contributed by atoms with E-state index in [1.807, 2.05) is 6.07 Å². The van der Waals surface area contributed by atoms with Crippen molar-refractivity contribution in [2.75, 3.05) is 0 Å². The summed E-state index contributed by atoms with van der Waals surface area (Å²) in [5.74, 6) is -0.672. The van der Waals surface area contributed by atoms with Crippen molar-refractivity contribution >= 4 is 12.1 Å². The van der Waals surface area contributed by atoms with Crippen molar-refractivity contribution in [2.24, 2.45) is 0 Å². The van der Waals surface area contributed by atoms with Gasteiger partial charge in [0, 0.05) is 5.56 Å². The second-order valence-electron chi connectivity index (χ2n) is 3.14. The third-order valence-corrected chi connectivity index (χ3v) is 2.18. The fraction of sp³-hybridized carbons (Fsp3) is 0.200. The molecule has 72 valence electrons. The van der Waals surface area contributed by atoms with Gasteiger partial charge in [0.25, 0.3) is 0 Å². The summed E-state index contributed by atoms with van der Waals surface area (Å²) < 4.78 is 9.17. The lowest BCUT2D eigenvalue weighted by Crippen LogP contribution is -2.29. The van der Waals surface area contributed by atoms with Crippen molar-refractivity contribution in [1.82, 2.24) is 0 Å². The second kappa shape index (κ2) is 2.83. The fourth-order valence-electron chi connectivity index (χ4n) is 1.34. The number of esters is 1. The molecule has 0 bridgehead atoms. The van der Waals surface area contributed by atoms with Crippen LogP contribution in [0, 0.1) is 0 Å². The van der Waals surface area contributed by atoms with E-state index in [9.17, 15) is 9.59 Å². The van der Waals surface area contributed by atoms with Crippen molar-refractivity contribution < 1.29 is 19.1 Å². The maximum Gasteiger partial charge on any atom is 0.517 e. The van der Waals surface area contributed by atoms with Crippen molar-refractivity contribution in [3.63, 3.8) is 0 Å². The third kappa shape index (κ3) is 1.16. The molecule has 0 saturated carbocycles. The van der Waals surface area contributed by atoms with E-state index < -0.39 is 17.7 Å². The van der Waals surface area contributed by atoms with Crippen LogP contribution in [0.25, 0.3) is 0 Å². The molecule has 4 nitrogen and oxygen atoms in total. The Morgan fingerprint density at radius 2 is 1.79 bits per heavy atom. The van der Waals surface area contributed by atoms with E-state index >= 15 is 0 Å². The van der Waals surface area contributed by atoms with Crippen molar-refractivity contribution in [1.29, 1.82) is 0 Å². The van der Waals surface area contributed by atoms with Crippen LogP contribution >= 0.6 is 0 Å². The van der Waals surface area contributed by atoms with Crippen LogP contribution in [0.15, 0.2) is 30.3 Å². The van der Waals surface area contributed by atoms with Gasteiger partial charge in [-0.25, -0.2) is 9.59 Å². The minimum Gasteiger partial charge on any atom is -0.411 e. The zero-order valence-corrected chi connectivity index (χ0v) is 7.52. The highest BCUT2D eigenvalue weighted by Crippen LogP contribution is 2.31. The lowest BCUT2D eigenvalue weighted by atomic mass is 9.96. The Hall–Kier alpha value is -1.84. The topological polar surface area (TPSA) is 52.6 Å². The first-order valence-electron chi connectivity index (χ1n) is 4.14. The summed E-state index contributed by atoms with van der Waals surface area (Å²) >= 11 is 0. The molecule has 0 amide bonds. The first kappa shape index (κ1) is 8.74. The summed E-state index contributed by atoms with van der Waals surface area (Å²) in [7, 11) is 0. The minimum atomic E-state index is -1.29. The number of cyclic esters (lactones) is 3. The lowest BCUT2D eigenvalue weighted by molar-refractivity contribution is -0.142. The predicted octanol–water partition coefficient (Wildman–Crippen LogP) is 1.60. The van der Waals surface area contributed by atoms with Crippen LogP contribution < -0.4 is 0 Å². The molecule has 1 aliphatic heterocycles. The van der Waals surface area contributed by atoms with Gasteiger partial charge in [0.15, 0.2) is 0 Å². The first-order chi connectivity index (χ1) is 6.63. The molecule has 1 aromatic rings. The van der Waals surface area contributed by atoms with Gasteiger partial charge in [0.1, 0.15) is 0 Å². The van der Waals surface area contributed by atoms with Gasteiger partial charge < -0.3 is 9.47 Å². The fourth-order valence-corrected chi connectivity index (χ4v) is 1.34. The molecule has 0 aromatic heterocycles. The zero-order valence-electron chi connectivity index (χ0n) is 7.52. The van der Waals surface area contributed by atoms with Crippen LogP contribution in [0.2, 0.25) is 0 Å². The Balaban J connectivity index is 2.43. The standard InChI is InChI=1S/C10H8O4/c1-10(7-5-3-2-4-6-7)8(11)13-9(12)14-10/h2-6H,1H3. The molecule has 1 atom stereocenters. The lowest BCUT2D eigenvalue weighted by Gasteiger charge is -2.16. The summed E-state index contributed by atoms with van der Waals surface area (Å²) in [6, 6.07) is 8.76. The van der Waals surface area contributed by atoms with Gasteiger partial charge in [0.05, 0.1) is 0 Å². The van der Waals surface area contributed by atoms with Gasteiger partial charge in [-0.15, -0.1) is 0 Å². The van der Waals surface area contributed by atoms with Crippen LogP contribution in [-0.4, -0.2) is 12.1 Å². The molecule has 0 spiro atoms. The summed E-state index contributed by atoms with van der Waals surface area (Å²) in [4.78, 5) is 22.1. The van der Waals surface area contributed by atoms with Gasteiger partial charge in [-0.1, -0.05) is 30.3 Å². The summed E-state index contributed by atoms with van der Waals surface area (Å²) in [6.45, 7) is 1.51. The quantitative estimate of drug-likeness (QED) is 0.501. The van der Waals surface area contributed by atoms with E-state index in [0.717, 1.165) is 0 Å². The van der Waals surface area contributed by atoms with E-state index in [4.69, 9.17) is 4.74 Å². The predicted molar refractivity (Wildman–Crippen MR) is 46.4 cm³/mol. The highest BCUT2D eigenvalue weighted by atomic mass is 16.8. The van der Waals surface area contributed by atoms with Crippen LogP contribution in [0.1, 0.15) is 12.5 Å². The van der Waals surface area contributed by atoms with Crippen molar-refractivity contribution in [2.45, 2.75) is 12.5 Å². The summed E-state index contributed by atoms with van der Waals surface area (Å²) in [6.07, 6.45) is -0.943. The first-order valence-corrected chi connectivity index (χ1v) is 4.14. The largest absolute Gasteiger partial charge is 0.517 e. The Kier molecular flexibility index (Phi) is 1.77. The third-order valence-electron chi connectivity index (χ3n) is 2.18. The Morgan fingerprint density at radius 3 is 2.29 bits per heavy atom. The van der Waals surface area contributed by atoms with Gasteiger partial charge in [-0.3, -0.25) is 0 Å². The Bertz CT molecular complexity index is 384. The van der Waals surface area contributed by atoms with Crippen LogP contribution in [0.5, 0.6) is 0 Å². The minimum absolute atomic E-state index is 0.607. The molecular weight excluding hydrogens is 184 g/mol. The molecule has 4 heteroatoms. The van der Waals surface area contributed by atoms with Crippen molar-refractivity contribution in [3.05, 3.63) is 35.9 Å². The van der Waals surface area contributed by atoms with E-state index in [-0.39, 0.29) is 0 Å². The van der Waals surface area contributed by atoms with Crippen LogP contribution in [0.3, 0.4) is 0 Å². The molecule has 1 fully saturated rings. The maximum absolute atomic E-state index is 11.3. The van der Waals surface area contributed by atoms with Gasteiger partial charge >= 0.3 is 12.1 Å². The summed E-state index contributed by atoms with van der Waals surface area (Å²) in [5.41, 5.74) is -0.686. The van der Waals surface area contributed by atoms with Crippen LogP contribution in [-0.2, 0) is 19.9 Å². The number of rotatable bonds is 1. The van der Waals surface area contributed by atoms with E-state index in [1.165, 1.54) is 6.92 Å². The van der Waals surface area contributed by atoms with Crippen molar-refractivity contribution in [3.8, 4) is 0 Å². The summed E-state index contributed by atoms with van der Waals surface area (Å²) in [5, 5.41) is 0. The van der Waals surface area contributed by atoms with E-state index in [1.54, 1.807) is 24.3 Å². The highest BCUT2D eigenvalue weighted by Gasteiger charge is 2.48. The number of benzene rings is 1. The number of hydrogen-bond donors (Lipinski definition) is 0. The van der Waals surface area contributed by atoms with Crippen LogP contribution in [0.4, 0.5) is 4.79 Å². The molecule has 0 radical (unpaired) electrons. The van der Waals surface area contributed by atoms with Gasteiger partial charge in [-0.05, 0) is 6.92 Å². The van der Waals surface area contributed by atoms with E-state index in [0.29, 0.717) is 5.56 Å². The molecular formula is C10H8O4. The average molecular weight is 192 g/mol. The van der Waals surface area contributed by atoms with E-state index in [2.05, 4.69) is 4.74 Å². The molecule has 1 aromatic carbocycles. The average Bonchev–Trinajstić information content (AvgIpc) is 2.43. The maximum atomic E-state index is 11.3. The molecule has 2 rings (SSSR count). The molecule has 1 aliphatic rings. The molecule has 1 unspecified atom stereocenters.